The van der Waals surface area contributed by atoms with Gasteiger partial charge in [-0.25, -0.2) is 4.98 Å². The molecule has 1 aliphatic heterocycles. The van der Waals surface area contributed by atoms with E-state index in [4.69, 9.17) is 9.52 Å². The number of hydrogen-bond acceptors (Lipinski definition) is 6. The van der Waals surface area contributed by atoms with Crippen LogP contribution in [0, 0.1) is 5.92 Å². The zero-order chi connectivity index (χ0) is 31.9. The summed E-state index contributed by atoms with van der Waals surface area (Å²) in [7, 11) is -1.93. The second kappa shape index (κ2) is 12.4. The summed E-state index contributed by atoms with van der Waals surface area (Å²) in [6.07, 6.45) is 2.88. The third-order valence-electron chi connectivity index (χ3n) is 9.66. The van der Waals surface area contributed by atoms with Gasteiger partial charge in [0.25, 0.3) is 5.91 Å². The summed E-state index contributed by atoms with van der Waals surface area (Å²) in [5, 5.41) is 18.3. The predicted molar refractivity (Wildman–Crippen MR) is 169 cm³/mol. The molecule has 12 heteroatoms. The first kappa shape index (κ1) is 32.4. The van der Waals surface area contributed by atoms with Gasteiger partial charge in [-0.2, -0.15) is 18.3 Å². The van der Waals surface area contributed by atoms with Crippen molar-refractivity contribution in [1.29, 1.82) is 0 Å². The molecule has 2 fully saturated rings. The first-order valence-electron chi connectivity index (χ1n) is 15.6. The Kier molecular flexibility index (Phi) is 9.17. The number of alkyl halides is 3. The number of halogens is 3. The van der Waals surface area contributed by atoms with Crippen LogP contribution < -0.4 is 10.2 Å². The molecule has 3 aromatic rings. The molecule has 0 atom stereocenters. The standard InChI is InChI=1S/C32H44F3N5O3Si/c1-31(2,3)44(4,5)43-24-13-15-39(16-14-24)28-18-26-22(19-40(38-26)23-11-9-21(20-41)10-12-23)17-27(28)37-30(42)25-7-6-8-29(36-25)32(33,34)35/h6-8,17-19,21,23-24,41H,9-16,20H2,1-5H3,(H,37,42). The Bertz CT molecular complexity index is 1470. The van der Waals surface area contributed by atoms with Gasteiger partial charge < -0.3 is 19.7 Å². The van der Waals surface area contributed by atoms with Crippen molar-refractivity contribution in [3.63, 3.8) is 0 Å². The molecule has 3 heterocycles. The largest absolute Gasteiger partial charge is 0.433 e. The van der Waals surface area contributed by atoms with Crippen LogP contribution in [0.3, 0.4) is 0 Å². The van der Waals surface area contributed by atoms with Crippen molar-refractivity contribution in [3.8, 4) is 0 Å². The second-order valence-corrected chi connectivity index (χ2v) is 18.6. The summed E-state index contributed by atoms with van der Waals surface area (Å²) < 4.78 is 48.6. The first-order valence-corrected chi connectivity index (χ1v) is 18.5. The van der Waals surface area contributed by atoms with E-state index in [1.165, 1.54) is 12.1 Å². The van der Waals surface area contributed by atoms with Gasteiger partial charge in [-0.15, -0.1) is 0 Å². The number of fused-ring (bicyclic) bond motifs is 1. The van der Waals surface area contributed by atoms with Crippen LogP contribution >= 0.6 is 0 Å². The number of anilines is 2. The molecule has 0 radical (unpaired) electrons. The van der Waals surface area contributed by atoms with Crippen molar-refractivity contribution in [3.05, 3.63) is 47.9 Å². The molecule has 1 saturated carbocycles. The molecule has 5 rings (SSSR count). The fourth-order valence-electron chi connectivity index (χ4n) is 5.93. The summed E-state index contributed by atoms with van der Waals surface area (Å²) in [4.78, 5) is 19.1. The lowest BCUT2D eigenvalue weighted by Gasteiger charge is -2.42. The van der Waals surface area contributed by atoms with Gasteiger partial charge >= 0.3 is 6.18 Å². The van der Waals surface area contributed by atoms with Crippen LogP contribution in [0.15, 0.2) is 36.5 Å². The highest BCUT2D eigenvalue weighted by atomic mass is 28.4. The number of nitrogens with one attached hydrogen (secondary N) is 1. The van der Waals surface area contributed by atoms with Gasteiger partial charge in [0.2, 0.25) is 0 Å². The number of carbonyl (C=O) groups excluding carboxylic acids is 1. The average molecular weight is 632 g/mol. The molecule has 1 saturated heterocycles. The molecule has 1 aromatic carbocycles. The number of benzene rings is 1. The van der Waals surface area contributed by atoms with Crippen LogP contribution in [0.25, 0.3) is 10.9 Å². The highest BCUT2D eigenvalue weighted by Crippen LogP contribution is 2.40. The Balaban J connectivity index is 1.42. The van der Waals surface area contributed by atoms with Gasteiger partial charge in [-0.3, -0.25) is 9.48 Å². The number of nitrogens with zero attached hydrogens (tertiary/aromatic N) is 4. The third-order valence-corrected chi connectivity index (χ3v) is 14.2. The van der Waals surface area contributed by atoms with E-state index in [9.17, 15) is 23.1 Å². The lowest BCUT2D eigenvalue weighted by Crippen LogP contribution is -2.47. The van der Waals surface area contributed by atoms with Crippen molar-refractivity contribution < 1.29 is 27.5 Å². The molecular formula is C32H44F3N5O3Si. The van der Waals surface area contributed by atoms with E-state index in [1.54, 1.807) is 0 Å². The second-order valence-electron chi connectivity index (χ2n) is 13.8. The molecule has 0 unspecified atom stereocenters. The smallest absolute Gasteiger partial charge is 0.414 e. The van der Waals surface area contributed by atoms with Crippen molar-refractivity contribution in [2.75, 3.05) is 29.9 Å². The number of amides is 1. The number of piperidine rings is 1. The van der Waals surface area contributed by atoms with E-state index in [-0.39, 0.29) is 29.5 Å². The molecule has 2 aliphatic rings. The van der Waals surface area contributed by atoms with Crippen molar-refractivity contribution >= 4 is 36.5 Å². The number of aliphatic hydroxyl groups is 1. The maximum atomic E-state index is 13.3. The van der Waals surface area contributed by atoms with Crippen LogP contribution in [-0.2, 0) is 10.6 Å². The SMILES string of the molecule is CC(C)(C)[Si](C)(C)OC1CCN(c2cc3nn(C4CCC(CO)CC4)cc3cc2NC(=O)c2cccc(C(F)(F)F)n2)CC1. The normalized spacial score (nSPS) is 20.7. The Labute approximate surface area is 258 Å². The fraction of sp³-hybridized carbons (Fsp3) is 0.594. The minimum absolute atomic E-state index is 0.111. The fourth-order valence-corrected chi connectivity index (χ4v) is 7.36. The summed E-state index contributed by atoms with van der Waals surface area (Å²) >= 11 is 0. The Morgan fingerprint density at radius 3 is 2.36 bits per heavy atom. The average Bonchev–Trinajstić information content (AvgIpc) is 3.39. The molecular weight excluding hydrogens is 587 g/mol. The van der Waals surface area contributed by atoms with Crippen LogP contribution in [-0.4, -0.2) is 59.9 Å². The van der Waals surface area contributed by atoms with E-state index in [0.717, 1.165) is 61.2 Å². The maximum Gasteiger partial charge on any atom is 0.433 e. The zero-order valence-electron chi connectivity index (χ0n) is 26.2. The Morgan fingerprint density at radius 2 is 1.75 bits per heavy atom. The maximum absolute atomic E-state index is 13.3. The quantitative estimate of drug-likeness (QED) is 0.264. The zero-order valence-corrected chi connectivity index (χ0v) is 27.2. The first-order chi connectivity index (χ1) is 20.6. The summed E-state index contributed by atoms with van der Waals surface area (Å²) in [5.74, 6) is -0.375. The molecule has 240 valence electrons. The van der Waals surface area contributed by atoms with E-state index < -0.39 is 26.1 Å². The minimum Gasteiger partial charge on any atom is -0.414 e. The van der Waals surface area contributed by atoms with Gasteiger partial charge in [0.05, 0.1) is 22.9 Å². The van der Waals surface area contributed by atoms with Gasteiger partial charge in [0.1, 0.15) is 11.4 Å². The van der Waals surface area contributed by atoms with Crippen LogP contribution in [0.5, 0.6) is 0 Å². The number of carbonyl (C=O) groups is 1. The highest BCUT2D eigenvalue weighted by molar-refractivity contribution is 6.74. The highest BCUT2D eigenvalue weighted by Gasteiger charge is 2.40. The molecule has 0 bridgehead atoms. The van der Waals surface area contributed by atoms with E-state index >= 15 is 0 Å². The summed E-state index contributed by atoms with van der Waals surface area (Å²) in [6, 6.07) is 7.38. The molecule has 8 nitrogen and oxygen atoms in total. The molecule has 0 spiro atoms. The number of rotatable bonds is 7. The van der Waals surface area contributed by atoms with Gasteiger partial charge in [0.15, 0.2) is 8.32 Å². The monoisotopic (exact) mass is 631 g/mol. The lowest BCUT2D eigenvalue weighted by atomic mass is 9.87. The van der Waals surface area contributed by atoms with Crippen LogP contribution in [0.4, 0.5) is 24.5 Å². The molecule has 1 aliphatic carbocycles. The summed E-state index contributed by atoms with van der Waals surface area (Å²) in [6.45, 7) is 12.8. The van der Waals surface area contributed by atoms with Gasteiger partial charge in [-0.05, 0) is 86.8 Å². The number of hydrogen-bond donors (Lipinski definition) is 2. The lowest BCUT2D eigenvalue weighted by molar-refractivity contribution is -0.141. The predicted octanol–water partition coefficient (Wildman–Crippen LogP) is 7.42. The Hall–Kier alpha value is -2.96. The van der Waals surface area contributed by atoms with Crippen molar-refractivity contribution in [2.45, 2.75) is 95.8 Å². The van der Waals surface area contributed by atoms with Crippen molar-refractivity contribution in [1.82, 2.24) is 14.8 Å². The summed E-state index contributed by atoms with van der Waals surface area (Å²) in [5.41, 5.74) is 0.663. The molecule has 2 N–H and O–H groups in total. The topological polar surface area (TPSA) is 92.5 Å². The molecule has 2 aromatic heterocycles. The molecule has 1 amide bonds. The molecule has 44 heavy (non-hydrogen) atoms. The minimum atomic E-state index is -4.65. The van der Waals surface area contributed by atoms with Gasteiger partial charge in [0, 0.05) is 37.4 Å². The van der Waals surface area contributed by atoms with Crippen LogP contribution in [0.2, 0.25) is 18.1 Å². The van der Waals surface area contributed by atoms with E-state index in [2.05, 4.69) is 49.1 Å². The van der Waals surface area contributed by atoms with E-state index in [0.29, 0.717) is 24.7 Å². The van der Waals surface area contributed by atoms with Gasteiger partial charge in [-0.1, -0.05) is 26.8 Å². The number of pyridine rings is 1. The number of aromatic nitrogens is 3. The third kappa shape index (κ3) is 7.12. The van der Waals surface area contributed by atoms with E-state index in [1.807, 2.05) is 23.0 Å². The van der Waals surface area contributed by atoms with Crippen molar-refractivity contribution in [2.24, 2.45) is 5.92 Å². The number of aliphatic hydroxyl groups excluding tert-OH is 1. The Morgan fingerprint density at radius 1 is 1.07 bits per heavy atom. The van der Waals surface area contributed by atoms with Crippen LogP contribution in [0.1, 0.15) is 81.5 Å².